The fourth-order valence-corrected chi connectivity index (χ4v) is 3.60. The molecule has 1 aromatic carbocycles. The van der Waals surface area contributed by atoms with Gasteiger partial charge in [0.1, 0.15) is 0 Å². The van der Waals surface area contributed by atoms with E-state index in [9.17, 15) is 0 Å². The average Bonchev–Trinajstić information content (AvgIpc) is 2.97. The van der Waals surface area contributed by atoms with Gasteiger partial charge in [-0.3, -0.25) is 4.90 Å². The second kappa shape index (κ2) is 8.52. The Balaban J connectivity index is 2.09. The molecule has 1 aromatic rings. The van der Waals surface area contributed by atoms with Crippen LogP contribution < -0.4 is 5.32 Å². The Hall–Kier alpha value is -0.900. The van der Waals surface area contributed by atoms with E-state index in [1.165, 1.54) is 31.5 Å². The molecule has 3 unspecified atom stereocenters. The zero-order valence-electron chi connectivity index (χ0n) is 13.7. The fourth-order valence-electron chi connectivity index (χ4n) is 3.60. The van der Waals surface area contributed by atoms with Gasteiger partial charge in [0.15, 0.2) is 0 Å². The molecule has 1 saturated heterocycles. The van der Waals surface area contributed by atoms with Crippen LogP contribution in [0, 0.1) is 5.92 Å². The summed E-state index contributed by atoms with van der Waals surface area (Å²) in [4.78, 5) is 2.66. The SMILES string of the molecule is CCNC(c1ccccc1)C(CC)N1CCC(COC)C1. The molecule has 2 rings (SSSR count). The molecule has 1 fully saturated rings. The number of rotatable bonds is 8. The molecule has 1 heterocycles. The number of methoxy groups -OCH3 is 1. The number of likely N-dealkylation sites (tertiary alicyclic amines) is 1. The van der Waals surface area contributed by atoms with Gasteiger partial charge < -0.3 is 10.1 Å². The van der Waals surface area contributed by atoms with E-state index in [1.807, 2.05) is 7.11 Å². The zero-order chi connectivity index (χ0) is 15.1. The molecular formula is C18H30N2O. The molecule has 1 aliphatic rings. The highest BCUT2D eigenvalue weighted by Gasteiger charge is 2.32. The largest absolute Gasteiger partial charge is 0.384 e. The lowest BCUT2D eigenvalue weighted by atomic mass is 9.96. The van der Waals surface area contributed by atoms with Crippen LogP contribution in [0.3, 0.4) is 0 Å². The van der Waals surface area contributed by atoms with E-state index in [0.717, 1.165) is 13.2 Å². The standard InChI is InChI=1S/C18H30N2O/c1-4-17(20-12-11-15(13-20)14-21-3)18(19-5-2)16-9-7-6-8-10-16/h6-10,15,17-19H,4-5,11-14H2,1-3H3. The number of benzene rings is 1. The van der Waals surface area contributed by atoms with E-state index in [-0.39, 0.29) is 0 Å². The Morgan fingerprint density at radius 3 is 2.67 bits per heavy atom. The quantitative estimate of drug-likeness (QED) is 0.796. The van der Waals surface area contributed by atoms with Crippen LogP contribution >= 0.6 is 0 Å². The van der Waals surface area contributed by atoms with Gasteiger partial charge >= 0.3 is 0 Å². The summed E-state index contributed by atoms with van der Waals surface area (Å²) in [5.41, 5.74) is 1.40. The van der Waals surface area contributed by atoms with Crippen molar-refractivity contribution in [2.45, 2.75) is 38.8 Å². The summed E-state index contributed by atoms with van der Waals surface area (Å²) < 4.78 is 5.34. The van der Waals surface area contributed by atoms with Crippen molar-refractivity contribution in [2.75, 3.05) is 33.4 Å². The van der Waals surface area contributed by atoms with Crippen LogP contribution in [-0.4, -0.2) is 44.3 Å². The van der Waals surface area contributed by atoms with E-state index in [4.69, 9.17) is 4.74 Å². The third-order valence-electron chi connectivity index (χ3n) is 4.57. The summed E-state index contributed by atoms with van der Waals surface area (Å²) in [6.07, 6.45) is 2.43. The number of hydrogen-bond acceptors (Lipinski definition) is 3. The number of nitrogens with one attached hydrogen (secondary N) is 1. The Morgan fingerprint density at radius 2 is 2.05 bits per heavy atom. The van der Waals surface area contributed by atoms with Crippen molar-refractivity contribution in [1.29, 1.82) is 0 Å². The van der Waals surface area contributed by atoms with E-state index in [2.05, 4.69) is 54.4 Å². The third-order valence-corrected chi connectivity index (χ3v) is 4.57. The van der Waals surface area contributed by atoms with Crippen molar-refractivity contribution in [2.24, 2.45) is 5.92 Å². The highest BCUT2D eigenvalue weighted by molar-refractivity contribution is 5.21. The number of hydrogen-bond donors (Lipinski definition) is 1. The lowest BCUT2D eigenvalue weighted by molar-refractivity contribution is 0.137. The van der Waals surface area contributed by atoms with Crippen LogP contribution in [0.25, 0.3) is 0 Å². The van der Waals surface area contributed by atoms with Crippen molar-refractivity contribution >= 4 is 0 Å². The summed E-state index contributed by atoms with van der Waals surface area (Å²) in [6.45, 7) is 8.76. The molecule has 0 bridgehead atoms. The van der Waals surface area contributed by atoms with Crippen LogP contribution in [0.2, 0.25) is 0 Å². The minimum absolute atomic E-state index is 0.419. The van der Waals surface area contributed by atoms with Crippen LogP contribution in [0.5, 0.6) is 0 Å². The highest BCUT2D eigenvalue weighted by atomic mass is 16.5. The summed E-state index contributed by atoms with van der Waals surface area (Å²) in [5.74, 6) is 0.696. The zero-order valence-corrected chi connectivity index (χ0v) is 13.7. The minimum Gasteiger partial charge on any atom is -0.384 e. The molecule has 21 heavy (non-hydrogen) atoms. The van der Waals surface area contributed by atoms with Gasteiger partial charge in [0.25, 0.3) is 0 Å². The van der Waals surface area contributed by atoms with Crippen molar-refractivity contribution in [3.05, 3.63) is 35.9 Å². The third kappa shape index (κ3) is 4.29. The molecule has 0 spiro atoms. The Labute approximate surface area is 129 Å². The first-order valence-corrected chi connectivity index (χ1v) is 8.31. The number of ether oxygens (including phenoxy) is 1. The average molecular weight is 290 g/mol. The molecule has 0 aliphatic carbocycles. The summed E-state index contributed by atoms with van der Waals surface area (Å²) in [5, 5.41) is 3.70. The van der Waals surface area contributed by atoms with Gasteiger partial charge in [-0.05, 0) is 37.4 Å². The van der Waals surface area contributed by atoms with E-state index >= 15 is 0 Å². The summed E-state index contributed by atoms with van der Waals surface area (Å²) in [7, 11) is 1.81. The molecule has 0 radical (unpaired) electrons. The lowest BCUT2D eigenvalue weighted by Crippen LogP contribution is -2.43. The van der Waals surface area contributed by atoms with Crippen LogP contribution in [0.1, 0.15) is 38.3 Å². The Bertz CT molecular complexity index is 395. The molecule has 0 amide bonds. The molecule has 0 aromatic heterocycles. The normalized spacial score (nSPS) is 22.3. The minimum atomic E-state index is 0.419. The molecule has 3 nitrogen and oxygen atoms in total. The van der Waals surface area contributed by atoms with Gasteiger partial charge in [-0.1, -0.05) is 44.2 Å². The van der Waals surface area contributed by atoms with E-state index in [0.29, 0.717) is 18.0 Å². The predicted molar refractivity (Wildman–Crippen MR) is 88.5 cm³/mol. The summed E-state index contributed by atoms with van der Waals surface area (Å²) >= 11 is 0. The molecule has 1 aliphatic heterocycles. The summed E-state index contributed by atoms with van der Waals surface area (Å²) in [6, 6.07) is 11.9. The van der Waals surface area contributed by atoms with Gasteiger partial charge in [0.2, 0.25) is 0 Å². The topological polar surface area (TPSA) is 24.5 Å². The fraction of sp³-hybridized carbons (Fsp3) is 0.667. The second-order valence-electron chi connectivity index (χ2n) is 6.03. The first-order chi connectivity index (χ1) is 10.3. The number of nitrogens with zero attached hydrogens (tertiary/aromatic N) is 1. The van der Waals surface area contributed by atoms with Crippen LogP contribution in [0.15, 0.2) is 30.3 Å². The van der Waals surface area contributed by atoms with Gasteiger partial charge in [-0.15, -0.1) is 0 Å². The maximum Gasteiger partial charge on any atom is 0.0503 e. The van der Waals surface area contributed by atoms with Gasteiger partial charge in [-0.2, -0.15) is 0 Å². The molecular weight excluding hydrogens is 260 g/mol. The highest BCUT2D eigenvalue weighted by Crippen LogP contribution is 2.28. The van der Waals surface area contributed by atoms with Crippen molar-refractivity contribution in [3.63, 3.8) is 0 Å². The van der Waals surface area contributed by atoms with Crippen LogP contribution in [0.4, 0.5) is 0 Å². The maximum absolute atomic E-state index is 5.34. The van der Waals surface area contributed by atoms with Crippen molar-refractivity contribution < 1.29 is 4.74 Å². The smallest absolute Gasteiger partial charge is 0.0503 e. The predicted octanol–water partition coefficient (Wildman–Crippen LogP) is 3.08. The molecule has 0 saturated carbocycles. The van der Waals surface area contributed by atoms with E-state index < -0.39 is 0 Å². The van der Waals surface area contributed by atoms with E-state index in [1.54, 1.807) is 0 Å². The molecule has 3 atom stereocenters. The van der Waals surface area contributed by atoms with Gasteiger partial charge in [0, 0.05) is 25.7 Å². The van der Waals surface area contributed by atoms with Crippen LogP contribution in [-0.2, 0) is 4.74 Å². The number of likely N-dealkylation sites (N-methyl/N-ethyl adjacent to an activating group) is 1. The Morgan fingerprint density at radius 1 is 1.29 bits per heavy atom. The first kappa shape index (κ1) is 16.5. The molecule has 3 heteroatoms. The molecule has 118 valence electrons. The lowest BCUT2D eigenvalue weighted by Gasteiger charge is -2.35. The van der Waals surface area contributed by atoms with Crippen molar-refractivity contribution in [3.8, 4) is 0 Å². The Kier molecular flexibility index (Phi) is 6.68. The van der Waals surface area contributed by atoms with Gasteiger partial charge in [-0.25, -0.2) is 0 Å². The second-order valence-corrected chi connectivity index (χ2v) is 6.03. The first-order valence-electron chi connectivity index (χ1n) is 8.31. The van der Waals surface area contributed by atoms with Crippen molar-refractivity contribution in [1.82, 2.24) is 10.2 Å². The maximum atomic E-state index is 5.34. The molecule has 1 N–H and O–H groups in total. The van der Waals surface area contributed by atoms with Gasteiger partial charge in [0.05, 0.1) is 6.61 Å². The monoisotopic (exact) mass is 290 g/mol.